The lowest BCUT2D eigenvalue weighted by molar-refractivity contribution is -0.121. The van der Waals surface area contributed by atoms with Crippen LogP contribution in [0.5, 0.6) is 0 Å². The van der Waals surface area contributed by atoms with E-state index in [0.29, 0.717) is 6.54 Å². The van der Waals surface area contributed by atoms with Crippen molar-refractivity contribution in [1.82, 2.24) is 20.1 Å². The average molecular weight is 314 g/mol. The van der Waals surface area contributed by atoms with E-state index in [1.165, 1.54) is 4.88 Å². The van der Waals surface area contributed by atoms with Crippen LogP contribution < -0.4 is 5.32 Å². The van der Waals surface area contributed by atoms with Crippen molar-refractivity contribution in [2.24, 2.45) is 0 Å². The zero-order valence-corrected chi connectivity index (χ0v) is 13.3. The van der Waals surface area contributed by atoms with Gasteiger partial charge in [-0.05, 0) is 12.5 Å². The summed E-state index contributed by atoms with van der Waals surface area (Å²) in [4.78, 5) is 17.6. The molecule has 5 nitrogen and oxygen atoms in total. The highest BCUT2D eigenvalue weighted by molar-refractivity contribution is 7.11. The van der Waals surface area contributed by atoms with Gasteiger partial charge in [0, 0.05) is 29.4 Å². The van der Waals surface area contributed by atoms with E-state index in [4.69, 9.17) is 0 Å². The molecule has 0 bridgehead atoms. The summed E-state index contributed by atoms with van der Waals surface area (Å²) in [6, 6.07) is 7.88. The number of para-hydroxylation sites is 1. The van der Waals surface area contributed by atoms with E-state index in [2.05, 4.69) is 22.3 Å². The third-order valence-corrected chi connectivity index (χ3v) is 4.66. The van der Waals surface area contributed by atoms with Crippen LogP contribution in [-0.4, -0.2) is 27.2 Å². The molecule has 0 unspecified atom stereocenters. The predicted molar refractivity (Wildman–Crippen MR) is 87.9 cm³/mol. The van der Waals surface area contributed by atoms with Crippen molar-refractivity contribution in [3.8, 4) is 0 Å². The summed E-state index contributed by atoms with van der Waals surface area (Å²) in [7, 11) is 0. The van der Waals surface area contributed by atoms with Crippen molar-refractivity contribution in [3.63, 3.8) is 0 Å². The zero-order chi connectivity index (χ0) is 15.4. The molecule has 3 aromatic rings. The molecule has 3 rings (SSSR count). The van der Waals surface area contributed by atoms with E-state index < -0.39 is 0 Å². The number of fused-ring (bicyclic) bond motifs is 1. The fourth-order valence-corrected chi connectivity index (χ4v) is 3.14. The number of thiazole rings is 1. The molecule has 2 heterocycles. The van der Waals surface area contributed by atoms with Crippen LogP contribution in [-0.2, 0) is 24.2 Å². The van der Waals surface area contributed by atoms with Gasteiger partial charge in [-0.3, -0.25) is 9.48 Å². The second-order valence-corrected chi connectivity index (χ2v) is 6.23. The Morgan fingerprint density at radius 3 is 3.00 bits per heavy atom. The van der Waals surface area contributed by atoms with Gasteiger partial charge in [-0.1, -0.05) is 25.1 Å². The average Bonchev–Trinajstić information content (AvgIpc) is 3.15. The van der Waals surface area contributed by atoms with Crippen molar-refractivity contribution < 1.29 is 4.79 Å². The summed E-state index contributed by atoms with van der Waals surface area (Å²) in [5.74, 6) is -0.0267. The lowest BCUT2D eigenvalue weighted by Gasteiger charge is -2.05. The van der Waals surface area contributed by atoms with Crippen LogP contribution in [0, 0.1) is 0 Å². The molecule has 1 aromatic carbocycles. The molecule has 0 spiro atoms. The van der Waals surface area contributed by atoms with Crippen LogP contribution in [0.4, 0.5) is 0 Å². The molecule has 6 heteroatoms. The third kappa shape index (κ3) is 3.33. The van der Waals surface area contributed by atoms with Crippen molar-refractivity contribution >= 4 is 28.1 Å². The molecule has 0 fully saturated rings. The van der Waals surface area contributed by atoms with Gasteiger partial charge >= 0.3 is 0 Å². The van der Waals surface area contributed by atoms with Gasteiger partial charge in [-0.2, -0.15) is 5.10 Å². The zero-order valence-electron chi connectivity index (χ0n) is 12.5. The van der Waals surface area contributed by atoms with Gasteiger partial charge in [-0.25, -0.2) is 4.98 Å². The van der Waals surface area contributed by atoms with Crippen LogP contribution >= 0.6 is 11.3 Å². The fourth-order valence-electron chi connectivity index (χ4n) is 2.28. The summed E-state index contributed by atoms with van der Waals surface area (Å²) in [6.07, 6.45) is 5.48. The molecule has 114 valence electrons. The Balaban J connectivity index is 1.52. The first-order valence-electron chi connectivity index (χ1n) is 7.37. The molecule has 22 heavy (non-hydrogen) atoms. The first-order valence-corrected chi connectivity index (χ1v) is 8.18. The van der Waals surface area contributed by atoms with Crippen LogP contribution in [0.3, 0.4) is 0 Å². The van der Waals surface area contributed by atoms with Gasteiger partial charge < -0.3 is 5.32 Å². The van der Waals surface area contributed by atoms with Crippen molar-refractivity contribution in [1.29, 1.82) is 0 Å². The maximum absolute atomic E-state index is 12.0. The Kier molecular flexibility index (Phi) is 4.48. The molecule has 0 radical (unpaired) electrons. The number of rotatable bonds is 6. The number of hydrogen-bond acceptors (Lipinski definition) is 4. The first kappa shape index (κ1) is 14.7. The molecular formula is C16H18N4OS. The normalized spacial score (nSPS) is 11.0. The fraction of sp³-hybridized carbons (Fsp3) is 0.312. The first-order chi connectivity index (χ1) is 10.8. The summed E-state index contributed by atoms with van der Waals surface area (Å²) in [5.41, 5.74) is 0.977. The van der Waals surface area contributed by atoms with E-state index in [9.17, 15) is 4.79 Å². The summed E-state index contributed by atoms with van der Waals surface area (Å²) in [6.45, 7) is 2.97. The second-order valence-electron chi connectivity index (χ2n) is 5.03. The minimum atomic E-state index is -0.0267. The molecule has 2 aromatic heterocycles. The number of nitrogens with one attached hydrogen (secondary N) is 1. The molecule has 0 atom stereocenters. The number of nitrogens with zero attached hydrogens (tertiary/aromatic N) is 3. The van der Waals surface area contributed by atoms with Gasteiger partial charge in [0.15, 0.2) is 0 Å². The monoisotopic (exact) mass is 314 g/mol. The molecular weight excluding hydrogens is 296 g/mol. The SMILES string of the molecule is CCc1cnc(CCNC(=O)Cn2ncc3ccccc32)s1. The standard InChI is InChI=1S/C16H18N4OS/c1-2-13-10-18-16(22-13)7-8-17-15(21)11-20-14-6-4-3-5-12(14)9-19-20/h3-6,9-10H,2,7-8,11H2,1H3,(H,17,21). The molecule has 0 saturated carbocycles. The van der Waals surface area contributed by atoms with Gasteiger partial charge in [0.25, 0.3) is 0 Å². The smallest absolute Gasteiger partial charge is 0.241 e. The Hall–Kier alpha value is -2.21. The maximum atomic E-state index is 12.0. The maximum Gasteiger partial charge on any atom is 0.241 e. The Labute approximate surface area is 133 Å². The molecule has 1 N–H and O–H groups in total. The van der Waals surface area contributed by atoms with E-state index in [-0.39, 0.29) is 12.5 Å². The topological polar surface area (TPSA) is 59.8 Å². The van der Waals surface area contributed by atoms with Crippen LogP contribution in [0.2, 0.25) is 0 Å². The van der Waals surface area contributed by atoms with E-state index in [1.807, 2.05) is 30.5 Å². The molecule has 0 saturated heterocycles. The van der Waals surface area contributed by atoms with E-state index in [0.717, 1.165) is 28.8 Å². The number of hydrogen-bond donors (Lipinski definition) is 1. The van der Waals surface area contributed by atoms with E-state index >= 15 is 0 Å². The highest BCUT2D eigenvalue weighted by atomic mass is 32.1. The molecule has 0 aliphatic carbocycles. The van der Waals surface area contributed by atoms with Crippen LogP contribution in [0.25, 0.3) is 10.9 Å². The molecule has 1 amide bonds. The third-order valence-electron chi connectivity index (χ3n) is 3.46. The minimum absolute atomic E-state index is 0.0267. The number of carbonyl (C=O) groups excluding carboxylic acids is 1. The molecule has 0 aliphatic heterocycles. The van der Waals surface area contributed by atoms with Crippen LogP contribution in [0.15, 0.2) is 36.7 Å². The van der Waals surface area contributed by atoms with Gasteiger partial charge in [0.2, 0.25) is 5.91 Å². The van der Waals surface area contributed by atoms with E-state index in [1.54, 1.807) is 22.2 Å². The van der Waals surface area contributed by atoms with Gasteiger partial charge in [0.05, 0.1) is 16.7 Å². The van der Waals surface area contributed by atoms with Crippen molar-refractivity contribution in [3.05, 3.63) is 46.5 Å². The lowest BCUT2D eigenvalue weighted by atomic mass is 10.2. The number of carbonyl (C=O) groups is 1. The highest BCUT2D eigenvalue weighted by Gasteiger charge is 2.07. The quantitative estimate of drug-likeness (QED) is 0.760. The Morgan fingerprint density at radius 1 is 1.32 bits per heavy atom. The van der Waals surface area contributed by atoms with Gasteiger partial charge in [-0.15, -0.1) is 11.3 Å². The number of amides is 1. The summed E-state index contributed by atoms with van der Waals surface area (Å²) in [5, 5.41) is 9.31. The highest BCUT2D eigenvalue weighted by Crippen LogP contribution is 2.14. The van der Waals surface area contributed by atoms with Crippen molar-refractivity contribution in [2.75, 3.05) is 6.54 Å². The summed E-state index contributed by atoms with van der Waals surface area (Å²) < 4.78 is 1.73. The summed E-state index contributed by atoms with van der Waals surface area (Å²) >= 11 is 1.71. The number of aryl methyl sites for hydroxylation is 1. The van der Waals surface area contributed by atoms with Crippen LogP contribution in [0.1, 0.15) is 16.8 Å². The van der Waals surface area contributed by atoms with Gasteiger partial charge in [0.1, 0.15) is 6.54 Å². The second kappa shape index (κ2) is 6.70. The predicted octanol–water partition coefficient (Wildman–Crippen LogP) is 2.41. The number of benzene rings is 1. The number of aromatic nitrogens is 3. The molecule has 0 aliphatic rings. The van der Waals surface area contributed by atoms with Crippen molar-refractivity contribution in [2.45, 2.75) is 26.3 Å². The Bertz CT molecular complexity index is 777. The largest absolute Gasteiger partial charge is 0.354 e. The Morgan fingerprint density at radius 2 is 2.18 bits per heavy atom. The lowest BCUT2D eigenvalue weighted by Crippen LogP contribution is -2.29. The minimum Gasteiger partial charge on any atom is -0.354 e.